The molecular formula is C17H27N3. The van der Waals surface area contributed by atoms with Crippen molar-refractivity contribution in [3.63, 3.8) is 0 Å². The first-order valence-corrected chi connectivity index (χ1v) is 8.10. The number of rotatable bonds is 4. The van der Waals surface area contributed by atoms with E-state index in [-0.39, 0.29) is 0 Å². The van der Waals surface area contributed by atoms with E-state index in [1.54, 1.807) is 0 Å². The smallest absolute Gasteiger partial charge is 0.0326 e. The summed E-state index contributed by atoms with van der Waals surface area (Å²) in [7, 11) is 0. The molecule has 1 aromatic carbocycles. The maximum Gasteiger partial charge on any atom is 0.0326 e. The number of hydrogen-bond acceptors (Lipinski definition) is 3. The lowest BCUT2D eigenvalue weighted by Gasteiger charge is -2.33. The molecule has 3 nitrogen and oxygen atoms in total. The van der Waals surface area contributed by atoms with Gasteiger partial charge in [-0.2, -0.15) is 0 Å². The molecule has 1 heterocycles. The Morgan fingerprint density at radius 3 is 2.90 bits per heavy atom. The normalized spacial score (nSPS) is 24.6. The van der Waals surface area contributed by atoms with Crippen LogP contribution in [-0.2, 0) is 6.42 Å². The summed E-state index contributed by atoms with van der Waals surface area (Å²) in [6.45, 7) is 6.01. The van der Waals surface area contributed by atoms with Crippen LogP contribution in [0.3, 0.4) is 0 Å². The van der Waals surface area contributed by atoms with E-state index in [0.29, 0.717) is 12.1 Å². The minimum atomic E-state index is 0.526. The third-order valence-electron chi connectivity index (χ3n) is 4.92. The fourth-order valence-corrected chi connectivity index (χ4v) is 3.65. The highest BCUT2D eigenvalue weighted by atomic mass is 15.2. The van der Waals surface area contributed by atoms with E-state index in [1.807, 2.05) is 6.07 Å². The summed E-state index contributed by atoms with van der Waals surface area (Å²) < 4.78 is 0. The number of hydrogen-bond donors (Lipinski definition) is 2. The number of nitrogen functional groups attached to an aromatic ring is 1. The topological polar surface area (TPSA) is 41.3 Å². The number of nitrogens with one attached hydrogen (secondary N) is 1. The third-order valence-corrected chi connectivity index (χ3v) is 4.92. The summed E-state index contributed by atoms with van der Waals surface area (Å²) >= 11 is 0. The lowest BCUT2D eigenvalue weighted by Crippen LogP contribution is -2.43. The maximum absolute atomic E-state index is 5.87. The van der Waals surface area contributed by atoms with Crippen LogP contribution in [0.4, 0.5) is 5.69 Å². The maximum atomic E-state index is 5.87. The van der Waals surface area contributed by atoms with Gasteiger partial charge in [0.05, 0.1) is 0 Å². The number of aryl methyl sites for hydroxylation is 1. The number of fused-ring (bicyclic) bond motifs is 1. The van der Waals surface area contributed by atoms with E-state index in [2.05, 4.69) is 29.3 Å². The summed E-state index contributed by atoms with van der Waals surface area (Å²) in [5.74, 6) is 0. The van der Waals surface area contributed by atoms with Gasteiger partial charge in [-0.05, 0) is 69.0 Å². The van der Waals surface area contributed by atoms with E-state index in [4.69, 9.17) is 5.73 Å². The zero-order valence-electron chi connectivity index (χ0n) is 12.6. The van der Waals surface area contributed by atoms with Crippen LogP contribution in [0.5, 0.6) is 0 Å². The van der Waals surface area contributed by atoms with Crippen molar-refractivity contribution in [2.75, 3.05) is 25.4 Å². The molecule has 2 atom stereocenters. The number of piperidine rings is 1. The molecule has 0 amide bonds. The lowest BCUT2D eigenvalue weighted by atomic mass is 10.1. The number of anilines is 1. The highest BCUT2D eigenvalue weighted by molar-refractivity contribution is 5.47. The van der Waals surface area contributed by atoms with Crippen LogP contribution in [0.2, 0.25) is 0 Å². The predicted molar refractivity (Wildman–Crippen MR) is 84.8 cm³/mol. The van der Waals surface area contributed by atoms with Gasteiger partial charge in [0.2, 0.25) is 0 Å². The van der Waals surface area contributed by atoms with Crippen LogP contribution < -0.4 is 11.1 Å². The van der Waals surface area contributed by atoms with Gasteiger partial charge in [0, 0.05) is 24.3 Å². The molecule has 0 spiro atoms. The first kappa shape index (κ1) is 13.9. The second-order valence-electron chi connectivity index (χ2n) is 6.40. The number of nitrogens with zero attached hydrogens (tertiary/aromatic N) is 1. The molecule has 3 rings (SSSR count). The quantitative estimate of drug-likeness (QED) is 0.829. The Labute approximate surface area is 122 Å². The zero-order valence-corrected chi connectivity index (χ0v) is 12.6. The highest BCUT2D eigenvalue weighted by Gasteiger charge is 2.23. The van der Waals surface area contributed by atoms with Crippen molar-refractivity contribution < 1.29 is 0 Å². The first-order valence-electron chi connectivity index (χ1n) is 8.10. The second kappa shape index (κ2) is 6.15. The van der Waals surface area contributed by atoms with Crippen molar-refractivity contribution in [1.82, 2.24) is 10.2 Å². The predicted octanol–water partition coefficient (Wildman–Crippen LogP) is 2.72. The highest BCUT2D eigenvalue weighted by Crippen LogP contribution is 2.32. The van der Waals surface area contributed by atoms with E-state index >= 15 is 0 Å². The van der Waals surface area contributed by atoms with Crippen molar-refractivity contribution in [3.8, 4) is 0 Å². The van der Waals surface area contributed by atoms with E-state index in [1.165, 1.54) is 49.9 Å². The largest absolute Gasteiger partial charge is 0.399 e. The molecule has 0 bridgehead atoms. The zero-order chi connectivity index (χ0) is 13.9. The summed E-state index contributed by atoms with van der Waals surface area (Å²) in [5.41, 5.74) is 9.66. The minimum Gasteiger partial charge on any atom is -0.399 e. The average Bonchev–Trinajstić information content (AvgIpc) is 2.88. The van der Waals surface area contributed by atoms with Crippen LogP contribution in [-0.4, -0.2) is 30.6 Å². The van der Waals surface area contributed by atoms with Gasteiger partial charge < -0.3 is 11.1 Å². The Morgan fingerprint density at radius 1 is 1.30 bits per heavy atom. The molecule has 1 aliphatic carbocycles. The summed E-state index contributed by atoms with van der Waals surface area (Å²) in [6, 6.07) is 7.56. The van der Waals surface area contributed by atoms with Crippen molar-refractivity contribution in [1.29, 1.82) is 0 Å². The van der Waals surface area contributed by atoms with Gasteiger partial charge >= 0.3 is 0 Å². The molecule has 2 unspecified atom stereocenters. The van der Waals surface area contributed by atoms with E-state index in [9.17, 15) is 0 Å². The molecule has 3 N–H and O–H groups in total. The van der Waals surface area contributed by atoms with Gasteiger partial charge in [-0.3, -0.25) is 4.90 Å². The SMILES string of the molecule is CC(CNC1CCc2cc(N)ccc21)N1CCCCC1. The van der Waals surface area contributed by atoms with Gasteiger partial charge in [0.25, 0.3) is 0 Å². The number of likely N-dealkylation sites (tertiary alicyclic amines) is 1. The monoisotopic (exact) mass is 273 g/mol. The van der Waals surface area contributed by atoms with Crippen molar-refractivity contribution >= 4 is 5.69 Å². The van der Waals surface area contributed by atoms with Crippen LogP contribution in [0, 0.1) is 0 Å². The fourth-order valence-electron chi connectivity index (χ4n) is 3.65. The number of benzene rings is 1. The minimum absolute atomic E-state index is 0.526. The molecule has 1 saturated heterocycles. The Kier molecular flexibility index (Phi) is 4.27. The molecule has 2 aliphatic rings. The third kappa shape index (κ3) is 2.99. The van der Waals surface area contributed by atoms with Gasteiger partial charge in [-0.1, -0.05) is 12.5 Å². The van der Waals surface area contributed by atoms with Crippen LogP contribution >= 0.6 is 0 Å². The Bertz CT molecular complexity index is 452. The molecule has 0 aromatic heterocycles. The summed E-state index contributed by atoms with van der Waals surface area (Å²) in [6.07, 6.45) is 6.53. The molecule has 20 heavy (non-hydrogen) atoms. The molecule has 0 radical (unpaired) electrons. The van der Waals surface area contributed by atoms with E-state index in [0.717, 1.165) is 18.7 Å². The standard InChI is InChI=1S/C17H27N3/c1-13(20-9-3-2-4-10-20)12-19-17-8-5-14-11-15(18)6-7-16(14)17/h6-7,11,13,17,19H,2-5,8-10,12,18H2,1H3. The van der Waals surface area contributed by atoms with Gasteiger partial charge in [-0.15, -0.1) is 0 Å². The molecule has 1 fully saturated rings. The molecule has 110 valence electrons. The van der Waals surface area contributed by atoms with E-state index < -0.39 is 0 Å². The first-order chi connectivity index (χ1) is 9.74. The summed E-state index contributed by atoms with van der Waals surface area (Å²) in [5, 5.41) is 3.77. The van der Waals surface area contributed by atoms with Gasteiger partial charge in [0.1, 0.15) is 0 Å². The molecule has 0 saturated carbocycles. The Balaban J connectivity index is 1.55. The van der Waals surface area contributed by atoms with Crippen LogP contribution in [0.15, 0.2) is 18.2 Å². The van der Waals surface area contributed by atoms with Crippen molar-refractivity contribution in [2.45, 2.75) is 51.1 Å². The Hall–Kier alpha value is -1.06. The van der Waals surface area contributed by atoms with Crippen LogP contribution in [0.25, 0.3) is 0 Å². The van der Waals surface area contributed by atoms with Gasteiger partial charge in [-0.25, -0.2) is 0 Å². The lowest BCUT2D eigenvalue weighted by molar-refractivity contribution is 0.168. The van der Waals surface area contributed by atoms with Crippen LogP contribution in [0.1, 0.15) is 49.8 Å². The second-order valence-corrected chi connectivity index (χ2v) is 6.40. The van der Waals surface area contributed by atoms with Gasteiger partial charge in [0.15, 0.2) is 0 Å². The molecule has 1 aromatic rings. The molecular weight excluding hydrogens is 246 g/mol. The number of nitrogens with two attached hydrogens (primary N) is 1. The van der Waals surface area contributed by atoms with Crippen molar-refractivity contribution in [3.05, 3.63) is 29.3 Å². The molecule has 3 heteroatoms. The van der Waals surface area contributed by atoms with Crippen molar-refractivity contribution in [2.24, 2.45) is 0 Å². The Morgan fingerprint density at radius 2 is 2.10 bits per heavy atom. The average molecular weight is 273 g/mol. The molecule has 1 aliphatic heterocycles. The summed E-state index contributed by atoms with van der Waals surface area (Å²) in [4.78, 5) is 2.63. The fraction of sp³-hybridized carbons (Fsp3) is 0.647.